The molecule has 3 rings (SSSR count). The SMILES string of the molecule is O=S(CC1Cc2ccccc2S1)c1cccc(F)c1. The Morgan fingerprint density at radius 3 is 2.84 bits per heavy atom. The molecule has 0 amide bonds. The first kappa shape index (κ1) is 12.9. The van der Waals surface area contributed by atoms with Crippen molar-refractivity contribution in [3.8, 4) is 0 Å². The van der Waals surface area contributed by atoms with Crippen LogP contribution in [0.1, 0.15) is 5.56 Å². The number of hydrogen-bond acceptors (Lipinski definition) is 2. The highest BCUT2D eigenvalue weighted by Crippen LogP contribution is 2.37. The average Bonchev–Trinajstić information content (AvgIpc) is 2.80. The standard InChI is InChI=1S/C15H13FOS2/c16-12-5-3-6-14(9-12)19(17)10-13-8-11-4-1-2-7-15(11)18-13/h1-7,9,13H,8,10H2. The van der Waals surface area contributed by atoms with Gasteiger partial charge in [-0.05, 0) is 36.2 Å². The predicted molar refractivity (Wildman–Crippen MR) is 77.5 cm³/mol. The molecule has 0 fully saturated rings. The van der Waals surface area contributed by atoms with Gasteiger partial charge < -0.3 is 0 Å². The Hall–Kier alpha value is -1.13. The van der Waals surface area contributed by atoms with Crippen molar-refractivity contribution < 1.29 is 8.60 Å². The molecule has 0 saturated carbocycles. The van der Waals surface area contributed by atoms with Gasteiger partial charge in [0.1, 0.15) is 5.82 Å². The molecule has 1 nitrogen and oxygen atoms in total. The molecule has 0 saturated heterocycles. The summed E-state index contributed by atoms with van der Waals surface area (Å²) < 4.78 is 25.4. The van der Waals surface area contributed by atoms with Gasteiger partial charge in [0.05, 0.1) is 10.8 Å². The molecule has 0 N–H and O–H groups in total. The van der Waals surface area contributed by atoms with E-state index in [9.17, 15) is 8.60 Å². The largest absolute Gasteiger partial charge is 0.254 e. The number of benzene rings is 2. The third kappa shape index (κ3) is 2.90. The maximum absolute atomic E-state index is 13.1. The third-order valence-corrected chi connectivity index (χ3v) is 6.12. The van der Waals surface area contributed by atoms with Gasteiger partial charge in [-0.1, -0.05) is 24.3 Å². The van der Waals surface area contributed by atoms with E-state index in [1.165, 1.54) is 22.6 Å². The number of halogens is 1. The lowest BCUT2D eigenvalue weighted by molar-refractivity contribution is 0.622. The lowest BCUT2D eigenvalue weighted by atomic mass is 10.1. The first-order chi connectivity index (χ1) is 9.22. The summed E-state index contributed by atoms with van der Waals surface area (Å²) in [6.45, 7) is 0. The molecule has 4 heteroatoms. The second kappa shape index (κ2) is 5.47. The molecular formula is C15H13FOS2. The van der Waals surface area contributed by atoms with Crippen LogP contribution in [-0.2, 0) is 17.2 Å². The summed E-state index contributed by atoms with van der Waals surface area (Å²) in [6.07, 6.45) is 0.946. The second-order valence-electron chi connectivity index (χ2n) is 4.52. The Bertz CT molecular complexity index is 602. The fourth-order valence-corrected chi connectivity index (χ4v) is 5.07. The molecule has 2 unspecified atom stereocenters. The van der Waals surface area contributed by atoms with Gasteiger partial charge in [0.25, 0.3) is 0 Å². The fraction of sp³-hybridized carbons (Fsp3) is 0.200. The van der Waals surface area contributed by atoms with Crippen LogP contribution in [0.3, 0.4) is 0 Å². The highest BCUT2D eigenvalue weighted by molar-refractivity contribution is 8.01. The summed E-state index contributed by atoms with van der Waals surface area (Å²) >= 11 is 1.78. The van der Waals surface area contributed by atoms with Crippen LogP contribution in [0.2, 0.25) is 0 Å². The molecule has 1 aliphatic rings. The van der Waals surface area contributed by atoms with Crippen LogP contribution in [0, 0.1) is 5.82 Å². The van der Waals surface area contributed by atoms with Gasteiger partial charge in [-0.3, -0.25) is 4.21 Å². The van der Waals surface area contributed by atoms with E-state index in [2.05, 4.69) is 12.1 Å². The van der Waals surface area contributed by atoms with Crippen molar-refractivity contribution in [2.45, 2.75) is 21.5 Å². The zero-order chi connectivity index (χ0) is 13.2. The molecule has 2 aromatic carbocycles. The highest BCUT2D eigenvalue weighted by atomic mass is 32.2. The molecule has 2 atom stereocenters. The number of fused-ring (bicyclic) bond motifs is 1. The van der Waals surface area contributed by atoms with Gasteiger partial charge in [0, 0.05) is 20.8 Å². The van der Waals surface area contributed by atoms with Crippen LogP contribution in [0.4, 0.5) is 4.39 Å². The molecule has 0 radical (unpaired) electrons. The van der Waals surface area contributed by atoms with Crippen LogP contribution in [-0.4, -0.2) is 15.2 Å². The van der Waals surface area contributed by atoms with Crippen LogP contribution in [0.5, 0.6) is 0 Å². The quantitative estimate of drug-likeness (QED) is 0.859. The van der Waals surface area contributed by atoms with Crippen molar-refractivity contribution in [1.82, 2.24) is 0 Å². The molecule has 1 heterocycles. The van der Waals surface area contributed by atoms with Gasteiger partial charge in [0.2, 0.25) is 0 Å². The molecule has 98 valence electrons. The van der Waals surface area contributed by atoms with Crippen LogP contribution in [0.25, 0.3) is 0 Å². The minimum absolute atomic E-state index is 0.321. The Labute approximate surface area is 118 Å². The zero-order valence-corrected chi connectivity index (χ0v) is 11.8. The topological polar surface area (TPSA) is 17.1 Å². The van der Waals surface area contributed by atoms with E-state index in [0.717, 1.165) is 6.42 Å². The maximum Gasteiger partial charge on any atom is 0.124 e. The van der Waals surface area contributed by atoms with Gasteiger partial charge in [-0.25, -0.2) is 4.39 Å². The van der Waals surface area contributed by atoms with E-state index in [4.69, 9.17) is 0 Å². The van der Waals surface area contributed by atoms with E-state index in [-0.39, 0.29) is 5.82 Å². The molecule has 0 spiro atoms. The minimum Gasteiger partial charge on any atom is -0.254 e. The Morgan fingerprint density at radius 2 is 2.05 bits per heavy atom. The molecule has 1 aliphatic heterocycles. The van der Waals surface area contributed by atoms with Gasteiger partial charge in [0.15, 0.2) is 0 Å². The molecular weight excluding hydrogens is 279 g/mol. The van der Waals surface area contributed by atoms with E-state index in [1.807, 2.05) is 12.1 Å². The monoisotopic (exact) mass is 292 g/mol. The second-order valence-corrected chi connectivity index (χ2v) is 7.36. The van der Waals surface area contributed by atoms with E-state index >= 15 is 0 Å². The Kier molecular flexibility index (Phi) is 3.71. The average molecular weight is 292 g/mol. The van der Waals surface area contributed by atoms with Crippen molar-refractivity contribution in [2.24, 2.45) is 0 Å². The minimum atomic E-state index is -1.13. The number of hydrogen-bond donors (Lipinski definition) is 0. The van der Waals surface area contributed by atoms with E-state index < -0.39 is 10.8 Å². The first-order valence-corrected chi connectivity index (χ1v) is 8.31. The Balaban J connectivity index is 1.69. The predicted octanol–water partition coefficient (Wildman–Crippen LogP) is 3.65. The zero-order valence-electron chi connectivity index (χ0n) is 10.2. The van der Waals surface area contributed by atoms with Crippen molar-refractivity contribution in [3.63, 3.8) is 0 Å². The summed E-state index contributed by atoms with van der Waals surface area (Å²) in [5.41, 5.74) is 1.33. The lowest BCUT2D eigenvalue weighted by Crippen LogP contribution is -2.13. The third-order valence-electron chi connectivity index (χ3n) is 3.11. The van der Waals surface area contributed by atoms with Crippen molar-refractivity contribution >= 4 is 22.6 Å². The molecule has 2 aromatic rings. The number of rotatable bonds is 3. The first-order valence-electron chi connectivity index (χ1n) is 6.11. The van der Waals surface area contributed by atoms with E-state index in [1.54, 1.807) is 23.9 Å². The summed E-state index contributed by atoms with van der Waals surface area (Å²) in [7, 11) is -1.13. The van der Waals surface area contributed by atoms with Crippen LogP contribution < -0.4 is 0 Å². The van der Waals surface area contributed by atoms with Crippen molar-refractivity contribution in [2.75, 3.05) is 5.75 Å². The summed E-state index contributed by atoms with van der Waals surface area (Å²) in [6, 6.07) is 14.4. The van der Waals surface area contributed by atoms with Crippen LogP contribution in [0.15, 0.2) is 58.3 Å². The normalized spacial score (nSPS) is 19.1. The summed E-state index contributed by atoms with van der Waals surface area (Å²) in [4.78, 5) is 1.86. The Morgan fingerprint density at radius 1 is 1.21 bits per heavy atom. The van der Waals surface area contributed by atoms with Crippen LogP contribution >= 0.6 is 11.8 Å². The highest BCUT2D eigenvalue weighted by Gasteiger charge is 2.24. The lowest BCUT2D eigenvalue weighted by Gasteiger charge is -2.08. The molecule has 0 aliphatic carbocycles. The molecule has 0 bridgehead atoms. The van der Waals surface area contributed by atoms with Gasteiger partial charge in [-0.2, -0.15) is 0 Å². The van der Waals surface area contributed by atoms with Crippen molar-refractivity contribution in [1.29, 1.82) is 0 Å². The van der Waals surface area contributed by atoms with Gasteiger partial charge in [-0.15, -0.1) is 11.8 Å². The van der Waals surface area contributed by atoms with Gasteiger partial charge >= 0.3 is 0 Å². The smallest absolute Gasteiger partial charge is 0.124 e. The van der Waals surface area contributed by atoms with Crippen molar-refractivity contribution in [3.05, 3.63) is 59.9 Å². The number of thioether (sulfide) groups is 1. The fourth-order valence-electron chi connectivity index (χ4n) is 2.22. The molecule has 0 aromatic heterocycles. The van der Waals surface area contributed by atoms with E-state index in [0.29, 0.717) is 15.9 Å². The maximum atomic E-state index is 13.1. The summed E-state index contributed by atoms with van der Waals surface area (Å²) in [5.74, 6) is 0.246. The molecule has 19 heavy (non-hydrogen) atoms. The summed E-state index contributed by atoms with van der Waals surface area (Å²) in [5, 5.41) is 0.321.